The first-order valence-corrected chi connectivity index (χ1v) is 9.96. The number of benzene rings is 2. The Bertz CT molecular complexity index is 875. The Morgan fingerprint density at radius 3 is 2.61 bits per heavy atom. The van der Waals surface area contributed by atoms with Crippen LogP contribution < -0.4 is 5.32 Å². The first-order valence-electron chi connectivity index (χ1n) is 9.96. The van der Waals surface area contributed by atoms with Gasteiger partial charge in [-0.3, -0.25) is 9.69 Å². The van der Waals surface area contributed by atoms with E-state index in [0.29, 0.717) is 18.2 Å². The van der Waals surface area contributed by atoms with Gasteiger partial charge in [0, 0.05) is 37.1 Å². The van der Waals surface area contributed by atoms with Crippen molar-refractivity contribution in [1.29, 1.82) is 0 Å². The molecule has 1 amide bonds. The summed E-state index contributed by atoms with van der Waals surface area (Å²) in [4.78, 5) is 15.1. The van der Waals surface area contributed by atoms with Gasteiger partial charge < -0.3 is 5.32 Å². The predicted molar refractivity (Wildman–Crippen MR) is 110 cm³/mol. The van der Waals surface area contributed by atoms with Crippen LogP contribution in [0.25, 0.3) is 5.69 Å². The number of carbonyl (C=O) groups excluding carboxylic acids is 1. The van der Waals surface area contributed by atoms with E-state index in [9.17, 15) is 4.79 Å². The minimum atomic E-state index is -0.0164. The molecule has 5 heteroatoms. The van der Waals surface area contributed by atoms with Crippen LogP contribution in [0, 0.1) is 0 Å². The van der Waals surface area contributed by atoms with Crippen molar-refractivity contribution in [2.75, 3.05) is 13.1 Å². The van der Waals surface area contributed by atoms with Gasteiger partial charge in [-0.15, -0.1) is 0 Å². The SMILES string of the molecule is O=C(NCC1CCCCN1Cc1ccccc1)c1ccc(-n2cccn2)cc1. The molecule has 0 spiro atoms. The predicted octanol–water partition coefficient (Wildman–Crippen LogP) is 3.66. The van der Waals surface area contributed by atoms with Crippen LogP contribution in [0.15, 0.2) is 73.1 Å². The summed E-state index contributed by atoms with van der Waals surface area (Å²) in [6.45, 7) is 2.72. The molecule has 2 heterocycles. The molecule has 1 unspecified atom stereocenters. The zero-order valence-corrected chi connectivity index (χ0v) is 16.0. The fourth-order valence-corrected chi connectivity index (χ4v) is 3.82. The van der Waals surface area contributed by atoms with Crippen molar-refractivity contribution < 1.29 is 4.79 Å². The van der Waals surface area contributed by atoms with Crippen LogP contribution in [0.1, 0.15) is 35.2 Å². The number of nitrogens with one attached hydrogen (secondary N) is 1. The molecule has 0 bridgehead atoms. The highest BCUT2D eigenvalue weighted by Crippen LogP contribution is 2.19. The quantitative estimate of drug-likeness (QED) is 0.716. The van der Waals surface area contributed by atoms with Gasteiger partial charge in [-0.1, -0.05) is 36.8 Å². The highest BCUT2D eigenvalue weighted by Gasteiger charge is 2.23. The van der Waals surface area contributed by atoms with E-state index in [1.54, 1.807) is 10.9 Å². The molecular weight excluding hydrogens is 348 g/mol. The summed E-state index contributed by atoms with van der Waals surface area (Å²) in [5.41, 5.74) is 2.96. The molecule has 1 aliphatic rings. The van der Waals surface area contributed by atoms with Gasteiger partial charge in [0.15, 0.2) is 0 Å². The number of nitrogens with zero attached hydrogens (tertiary/aromatic N) is 3. The molecule has 1 aromatic heterocycles. The monoisotopic (exact) mass is 374 g/mol. The lowest BCUT2D eigenvalue weighted by Crippen LogP contribution is -2.46. The van der Waals surface area contributed by atoms with Crippen LogP contribution in [0.5, 0.6) is 0 Å². The van der Waals surface area contributed by atoms with Crippen molar-refractivity contribution in [3.63, 3.8) is 0 Å². The summed E-state index contributed by atoms with van der Waals surface area (Å²) in [6, 6.07) is 20.4. The van der Waals surface area contributed by atoms with E-state index < -0.39 is 0 Å². The molecule has 28 heavy (non-hydrogen) atoms. The van der Waals surface area contributed by atoms with Gasteiger partial charge in [0.05, 0.1) is 5.69 Å². The van der Waals surface area contributed by atoms with Crippen molar-refractivity contribution in [1.82, 2.24) is 20.0 Å². The summed E-state index contributed by atoms with van der Waals surface area (Å²) in [6.07, 6.45) is 7.22. The molecule has 3 aromatic rings. The van der Waals surface area contributed by atoms with Crippen LogP contribution >= 0.6 is 0 Å². The molecule has 0 radical (unpaired) electrons. The fourth-order valence-electron chi connectivity index (χ4n) is 3.82. The van der Waals surface area contributed by atoms with E-state index in [-0.39, 0.29) is 5.91 Å². The number of amides is 1. The molecule has 5 nitrogen and oxygen atoms in total. The van der Waals surface area contributed by atoms with E-state index in [4.69, 9.17) is 0 Å². The zero-order valence-electron chi connectivity index (χ0n) is 16.0. The summed E-state index contributed by atoms with van der Waals surface area (Å²) < 4.78 is 1.78. The third-order valence-electron chi connectivity index (χ3n) is 5.37. The molecule has 0 saturated carbocycles. The van der Waals surface area contributed by atoms with Crippen molar-refractivity contribution in [2.24, 2.45) is 0 Å². The van der Waals surface area contributed by atoms with E-state index in [0.717, 1.165) is 25.2 Å². The number of hydrogen-bond donors (Lipinski definition) is 1. The van der Waals surface area contributed by atoms with Crippen LogP contribution in [-0.4, -0.2) is 39.7 Å². The van der Waals surface area contributed by atoms with E-state index in [1.807, 2.05) is 36.5 Å². The number of rotatable bonds is 6. The van der Waals surface area contributed by atoms with Gasteiger partial charge in [-0.2, -0.15) is 5.10 Å². The first-order chi connectivity index (χ1) is 13.8. The second-order valence-corrected chi connectivity index (χ2v) is 7.31. The summed E-state index contributed by atoms with van der Waals surface area (Å²) in [5, 5.41) is 7.35. The second-order valence-electron chi connectivity index (χ2n) is 7.31. The van der Waals surface area contributed by atoms with Gasteiger partial charge in [-0.05, 0) is 55.3 Å². The zero-order chi connectivity index (χ0) is 19.2. The average Bonchev–Trinajstić information content (AvgIpc) is 3.29. The lowest BCUT2D eigenvalue weighted by molar-refractivity contribution is 0.0907. The highest BCUT2D eigenvalue weighted by molar-refractivity contribution is 5.94. The Morgan fingerprint density at radius 2 is 1.86 bits per heavy atom. The molecule has 1 N–H and O–H groups in total. The van der Waals surface area contributed by atoms with Gasteiger partial charge >= 0.3 is 0 Å². The number of aromatic nitrogens is 2. The third-order valence-corrected chi connectivity index (χ3v) is 5.37. The molecule has 1 aliphatic heterocycles. The maximum atomic E-state index is 12.6. The van der Waals surface area contributed by atoms with Crippen LogP contribution in [0.4, 0.5) is 0 Å². The lowest BCUT2D eigenvalue weighted by Gasteiger charge is -2.36. The maximum absolute atomic E-state index is 12.6. The Kier molecular flexibility index (Phi) is 5.83. The largest absolute Gasteiger partial charge is 0.350 e. The van der Waals surface area contributed by atoms with E-state index >= 15 is 0 Å². The van der Waals surface area contributed by atoms with Gasteiger partial charge in [0.2, 0.25) is 0 Å². The molecule has 4 rings (SSSR count). The van der Waals surface area contributed by atoms with Gasteiger partial charge in [-0.25, -0.2) is 4.68 Å². The molecule has 1 fully saturated rings. The summed E-state index contributed by atoms with van der Waals surface area (Å²) >= 11 is 0. The number of hydrogen-bond acceptors (Lipinski definition) is 3. The van der Waals surface area contributed by atoms with Crippen LogP contribution in [0.2, 0.25) is 0 Å². The number of carbonyl (C=O) groups is 1. The standard InChI is InChI=1S/C23H26N4O/c28-23(20-10-12-21(13-11-20)27-16-6-14-25-27)24-17-22-9-4-5-15-26(22)18-19-7-2-1-3-8-19/h1-3,6-8,10-14,16,22H,4-5,9,15,17-18H2,(H,24,28). The molecular formula is C23H26N4O. The minimum Gasteiger partial charge on any atom is -0.350 e. The first kappa shape index (κ1) is 18.4. The van der Waals surface area contributed by atoms with Gasteiger partial charge in [0.25, 0.3) is 5.91 Å². The molecule has 1 atom stereocenters. The maximum Gasteiger partial charge on any atom is 0.251 e. The normalized spacial score (nSPS) is 17.4. The molecule has 144 valence electrons. The smallest absolute Gasteiger partial charge is 0.251 e. The third kappa shape index (κ3) is 4.49. The highest BCUT2D eigenvalue weighted by atomic mass is 16.1. The summed E-state index contributed by atoms with van der Waals surface area (Å²) in [5.74, 6) is -0.0164. The molecule has 1 saturated heterocycles. The topological polar surface area (TPSA) is 50.2 Å². The second kappa shape index (κ2) is 8.85. The fraction of sp³-hybridized carbons (Fsp3) is 0.304. The van der Waals surface area contributed by atoms with Crippen molar-refractivity contribution in [2.45, 2.75) is 31.8 Å². The Labute approximate surface area is 166 Å². The summed E-state index contributed by atoms with van der Waals surface area (Å²) in [7, 11) is 0. The van der Waals surface area contributed by atoms with Crippen LogP contribution in [-0.2, 0) is 6.54 Å². The molecule has 2 aromatic carbocycles. The Hall–Kier alpha value is -2.92. The Balaban J connectivity index is 1.35. The molecule has 0 aliphatic carbocycles. The van der Waals surface area contributed by atoms with Gasteiger partial charge in [0.1, 0.15) is 0 Å². The minimum absolute atomic E-state index is 0.0164. The van der Waals surface area contributed by atoms with Crippen molar-refractivity contribution >= 4 is 5.91 Å². The lowest BCUT2D eigenvalue weighted by atomic mass is 10.0. The van der Waals surface area contributed by atoms with Crippen molar-refractivity contribution in [3.05, 3.63) is 84.2 Å². The van der Waals surface area contributed by atoms with Crippen LogP contribution in [0.3, 0.4) is 0 Å². The average molecular weight is 374 g/mol. The number of piperidine rings is 1. The Morgan fingerprint density at radius 1 is 1.04 bits per heavy atom. The van der Waals surface area contributed by atoms with Crippen molar-refractivity contribution in [3.8, 4) is 5.69 Å². The van der Waals surface area contributed by atoms with E-state index in [2.05, 4.69) is 45.6 Å². The van der Waals surface area contributed by atoms with E-state index in [1.165, 1.54) is 18.4 Å². The number of likely N-dealkylation sites (tertiary alicyclic amines) is 1.